The fourth-order valence-electron chi connectivity index (χ4n) is 5.54. The maximum Gasteiger partial charge on any atom is 0.232 e. The van der Waals surface area contributed by atoms with Crippen LogP contribution in [0.25, 0.3) is 0 Å². The largest absolute Gasteiger partial charge is 0.487 e. The first-order valence-electron chi connectivity index (χ1n) is 12.3. The van der Waals surface area contributed by atoms with Crippen LogP contribution in [0.15, 0.2) is 42.7 Å². The summed E-state index contributed by atoms with van der Waals surface area (Å²) in [5.74, 6) is 0.200. The van der Waals surface area contributed by atoms with Gasteiger partial charge >= 0.3 is 0 Å². The van der Waals surface area contributed by atoms with Crippen molar-refractivity contribution in [1.29, 1.82) is 5.41 Å². The number of aromatic nitrogens is 1. The summed E-state index contributed by atoms with van der Waals surface area (Å²) < 4.78 is 6.11. The van der Waals surface area contributed by atoms with Gasteiger partial charge in [0.15, 0.2) is 5.96 Å². The third-order valence-corrected chi connectivity index (χ3v) is 7.43. The third kappa shape index (κ3) is 4.78. The first-order chi connectivity index (χ1) is 16.9. The Morgan fingerprint density at radius 3 is 2.78 bits per heavy atom. The van der Waals surface area contributed by atoms with E-state index in [2.05, 4.69) is 15.6 Å². The lowest BCUT2D eigenvalue weighted by molar-refractivity contribution is -0.133. The highest BCUT2D eigenvalue weighted by molar-refractivity contribution is 6.30. The maximum absolute atomic E-state index is 13.5. The van der Waals surface area contributed by atoms with E-state index in [0.29, 0.717) is 17.9 Å². The van der Waals surface area contributed by atoms with Crippen molar-refractivity contribution < 1.29 is 14.3 Å². The van der Waals surface area contributed by atoms with Crippen molar-refractivity contribution in [2.75, 3.05) is 0 Å². The van der Waals surface area contributed by atoms with Gasteiger partial charge in [0.25, 0.3) is 0 Å². The van der Waals surface area contributed by atoms with Crippen LogP contribution in [0.1, 0.15) is 70.2 Å². The van der Waals surface area contributed by atoms with Crippen molar-refractivity contribution in [2.24, 2.45) is 11.8 Å². The molecule has 1 saturated carbocycles. The molecule has 0 spiro atoms. The van der Waals surface area contributed by atoms with Crippen molar-refractivity contribution in [3.05, 3.63) is 58.9 Å². The molecule has 3 aliphatic rings. The zero-order valence-electron chi connectivity index (χ0n) is 21.0. The molecule has 3 N–H and O–H groups in total. The van der Waals surface area contributed by atoms with Crippen LogP contribution >= 0.6 is 11.6 Å². The molecule has 0 radical (unpaired) electrons. The Morgan fingerprint density at radius 1 is 1.31 bits per heavy atom. The van der Waals surface area contributed by atoms with Crippen LogP contribution in [0.5, 0.6) is 5.75 Å². The summed E-state index contributed by atoms with van der Waals surface area (Å²) in [5.41, 5.74) is 0.764. The van der Waals surface area contributed by atoms with Gasteiger partial charge in [-0.25, -0.2) is 0 Å². The Balaban J connectivity index is 1.38. The van der Waals surface area contributed by atoms with Crippen molar-refractivity contribution in [2.45, 2.75) is 70.2 Å². The number of rotatable bonds is 5. The molecule has 1 aromatic carbocycles. The van der Waals surface area contributed by atoms with Crippen LogP contribution in [-0.4, -0.2) is 38.8 Å². The molecule has 2 aliphatic heterocycles. The molecule has 4 atom stereocenters. The molecule has 1 aromatic heterocycles. The first kappa shape index (κ1) is 24.6. The minimum atomic E-state index is -0.491. The van der Waals surface area contributed by atoms with E-state index < -0.39 is 17.2 Å². The number of benzene rings is 1. The average Bonchev–Trinajstić information content (AvgIpc) is 3.56. The molecule has 1 aliphatic carbocycles. The SMILES string of the molecule is CC1(C)CC(=O)N([C@H](c2cccnc2)[C@@H]2C[C@H]2C(=O)N[C@H]2CC(C)(C)Oc3ccc(Cl)cc32)C(=N)N1. The quantitative estimate of drug-likeness (QED) is 0.555. The minimum Gasteiger partial charge on any atom is -0.487 e. The number of halogens is 1. The monoisotopic (exact) mass is 509 g/mol. The number of nitrogens with zero attached hydrogens (tertiary/aromatic N) is 2. The smallest absolute Gasteiger partial charge is 0.232 e. The topological polar surface area (TPSA) is 107 Å². The normalized spacial score (nSPS) is 26.8. The van der Waals surface area contributed by atoms with Gasteiger partial charge in [0.1, 0.15) is 11.4 Å². The summed E-state index contributed by atoms with van der Waals surface area (Å²) in [4.78, 5) is 32.5. The number of pyridine rings is 1. The number of carbonyl (C=O) groups excluding carboxylic acids is 2. The molecular weight excluding hydrogens is 478 g/mol. The second-order valence-corrected chi connectivity index (χ2v) is 11.8. The van der Waals surface area contributed by atoms with Crippen molar-refractivity contribution in [3.8, 4) is 5.75 Å². The van der Waals surface area contributed by atoms with Crippen molar-refractivity contribution >= 4 is 29.4 Å². The number of hydrogen-bond acceptors (Lipinski definition) is 5. The number of amides is 2. The minimum absolute atomic E-state index is 0.0610. The van der Waals surface area contributed by atoms with Crippen LogP contribution in [0.2, 0.25) is 5.02 Å². The fourth-order valence-corrected chi connectivity index (χ4v) is 5.72. The van der Waals surface area contributed by atoms with E-state index in [1.54, 1.807) is 18.5 Å². The van der Waals surface area contributed by atoms with Crippen molar-refractivity contribution in [1.82, 2.24) is 20.5 Å². The van der Waals surface area contributed by atoms with Crippen LogP contribution in [-0.2, 0) is 9.59 Å². The lowest BCUT2D eigenvalue weighted by atomic mass is 9.89. The molecule has 5 rings (SSSR count). The summed E-state index contributed by atoms with van der Waals surface area (Å²) in [6, 6.07) is 8.54. The average molecular weight is 510 g/mol. The second-order valence-electron chi connectivity index (χ2n) is 11.3. The molecule has 2 aromatic rings. The number of hydrogen-bond donors (Lipinski definition) is 3. The van der Waals surface area contributed by atoms with Gasteiger partial charge in [-0.15, -0.1) is 0 Å². The molecular formula is C27H32ClN5O3. The van der Waals surface area contributed by atoms with Gasteiger partial charge in [-0.3, -0.25) is 24.9 Å². The fraction of sp³-hybridized carbons (Fsp3) is 0.481. The number of nitrogens with one attached hydrogen (secondary N) is 3. The van der Waals surface area contributed by atoms with E-state index in [-0.39, 0.29) is 42.1 Å². The lowest BCUT2D eigenvalue weighted by Gasteiger charge is -2.42. The van der Waals surface area contributed by atoms with E-state index in [0.717, 1.165) is 16.9 Å². The Morgan fingerprint density at radius 2 is 2.08 bits per heavy atom. The summed E-state index contributed by atoms with van der Waals surface area (Å²) in [6.07, 6.45) is 4.91. The molecule has 2 amide bonds. The number of fused-ring (bicyclic) bond motifs is 1. The Kier molecular flexibility index (Phi) is 5.98. The number of guanidine groups is 1. The zero-order valence-corrected chi connectivity index (χ0v) is 21.7. The summed E-state index contributed by atoms with van der Waals surface area (Å²) >= 11 is 6.25. The number of carbonyl (C=O) groups is 2. The molecule has 2 fully saturated rings. The maximum atomic E-state index is 13.5. The molecule has 0 bridgehead atoms. The van der Waals surface area contributed by atoms with Gasteiger partial charge in [0.05, 0.1) is 12.1 Å². The van der Waals surface area contributed by atoms with E-state index >= 15 is 0 Å². The van der Waals surface area contributed by atoms with E-state index in [1.807, 2.05) is 52.0 Å². The molecule has 36 heavy (non-hydrogen) atoms. The van der Waals surface area contributed by atoms with Gasteiger partial charge in [0, 0.05) is 47.3 Å². The predicted molar refractivity (Wildman–Crippen MR) is 137 cm³/mol. The predicted octanol–water partition coefficient (Wildman–Crippen LogP) is 4.37. The lowest BCUT2D eigenvalue weighted by Crippen LogP contribution is -2.60. The van der Waals surface area contributed by atoms with Gasteiger partial charge in [0.2, 0.25) is 11.8 Å². The van der Waals surface area contributed by atoms with Crippen LogP contribution < -0.4 is 15.4 Å². The molecule has 1 saturated heterocycles. The van der Waals surface area contributed by atoms with Crippen LogP contribution in [0.4, 0.5) is 0 Å². The molecule has 0 unspecified atom stereocenters. The van der Waals surface area contributed by atoms with Crippen LogP contribution in [0.3, 0.4) is 0 Å². The van der Waals surface area contributed by atoms with Crippen molar-refractivity contribution in [3.63, 3.8) is 0 Å². The van der Waals surface area contributed by atoms with E-state index in [9.17, 15) is 9.59 Å². The molecule has 190 valence electrons. The molecule has 8 nitrogen and oxygen atoms in total. The van der Waals surface area contributed by atoms with Gasteiger partial charge in [-0.05, 0) is 69.9 Å². The summed E-state index contributed by atoms with van der Waals surface area (Å²) in [7, 11) is 0. The van der Waals surface area contributed by atoms with Gasteiger partial charge in [-0.2, -0.15) is 0 Å². The summed E-state index contributed by atoms with van der Waals surface area (Å²) in [6.45, 7) is 7.82. The van der Waals surface area contributed by atoms with E-state index in [4.69, 9.17) is 21.7 Å². The van der Waals surface area contributed by atoms with Crippen LogP contribution in [0, 0.1) is 17.2 Å². The standard InChI is InChI=1S/C27H32ClN5O3/c1-26(2)13-22(34)33(25(29)32-26)23(15-6-5-9-30-14-15)17-11-18(17)24(35)31-20-12-27(3,4)36-21-8-7-16(28)10-19(20)21/h5-10,14,17-18,20,23H,11-13H2,1-4H3,(H2,29,32)(H,31,35)/t17-,18-,20+,23-/m1/s1. The zero-order chi connectivity index (χ0) is 25.8. The Bertz CT molecular complexity index is 1200. The highest BCUT2D eigenvalue weighted by Gasteiger charge is 2.53. The summed E-state index contributed by atoms with van der Waals surface area (Å²) in [5, 5.41) is 15.6. The highest BCUT2D eigenvalue weighted by Crippen LogP contribution is 2.51. The second kappa shape index (κ2) is 8.76. The Hall–Kier alpha value is -3.13. The first-order valence-corrected chi connectivity index (χ1v) is 12.7. The van der Waals surface area contributed by atoms with Gasteiger partial charge < -0.3 is 15.4 Å². The van der Waals surface area contributed by atoms with E-state index in [1.165, 1.54) is 4.90 Å². The third-order valence-electron chi connectivity index (χ3n) is 7.19. The highest BCUT2D eigenvalue weighted by atomic mass is 35.5. The number of ether oxygens (including phenoxy) is 1. The van der Waals surface area contributed by atoms with Gasteiger partial charge in [-0.1, -0.05) is 17.7 Å². The molecule has 3 heterocycles. The Labute approximate surface area is 216 Å². The molecule has 9 heteroatoms.